The number of rotatable bonds is 0. The minimum Gasteiger partial charge on any atom is -0.414 e. The van der Waals surface area contributed by atoms with Crippen LogP contribution in [0.4, 0.5) is 52.7 Å². The van der Waals surface area contributed by atoms with Gasteiger partial charge in [-0.25, -0.2) is 17.6 Å². The van der Waals surface area contributed by atoms with Crippen molar-refractivity contribution in [2.75, 3.05) is 0 Å². The van der Waals surface area contributed by atoms with E-state index in [0.717, 1.165) is 13.8 Å². The number of ether oxygens (including phenoxy) is 4. The molecule has 190 valence electrons. The normalized spacial score (nSPS) is 32.7. The summed E-state index contributed by atoms with van der Waals surface area (Å²) in [5.41, 5.74) is 0. The standard InChI is InChI=1S/C7H9F5O2.C5H3F5O2.C4H6F2/c1-4(8)5(2,9)14-6(3,13-4)7(10,11)12;1-4(5(8,9)10)11-2(6)3(7)12-4;1-3(5)4(2)6/h1-3H3;1H3;1-2H3. The lowest BCUT2D eigenvalue weighted by molar-refractivity contribution is -0.359. The highest BCUT2D eigenvalue weighted by molar-refractivity contribution is 4.97. The van der Waals surface area contributed by atoms with E-state index in [2.05, 4.69) is 18.9 Å². The van der Waals surface area contributed by atoms with Crippen LogP contribution in [-0.4, -0.2) is 35.6 Å². The smallest absolute Gasteiger partial charge is 0.414 e. The maximum Gasteiger partial charge on any atom is 0.467 e. The Balaban J connectivity index is 0.000000487. The molecule has 2 unspecified atom stereocenters. The van der Waals surface area contributed by atoms with E-state index in [9.17, 15) is 52.7 Å². The summed E-state index contributed by atoms with van der Waals surface area (Å²) in [6.07, 6.45) is -9.98. The van der Waals surface area contributed by atoms with Crippen LogP contribution in [0.5, 0.6) is 0 Å². The second kappa shape index (κ2) is 9.19. The lowest BCUT2D eigenvalue weighted by Crippen LogP contribution is -2.44. The quantitative estimate of drug-likeness (QED) is 0.328. The van der Waals surface area contributed by atoms with Crippen LogP contribution in [0.1, 0.15) is 41.5 Å². The molecular formula is C16H18F12O4. The number of hydrogen-bond donors (Lipinski definition) is 0. The largest absolute Gasteiger partial charge is 0.467 e. The summed E-state index contributed by atoms with van der Waals surface area (Å²) < 4.78 is 160. The number of halogens is 12. The summed E-state index contributed by atoms with van der Waals surface area (Å²) in [5.74, 6) is -14.2. The summed E-state index contributed by atoms with van der Waals surface area (Å²) in [7, 11) is 0. The fourth-order valence-corrected chi connectivity index (χ4v) is 1.61. The second-order valence-corrected chi connectivity index (χ2v) is 6.74. The number of allylic oxidation sites excluding steroid dienone is 2. The lowest BCUT2D eigenvalue weighted by Gasteiger charge is -2.25. The van der Waals surface area contributed by atoms with Gasteiger partial charge in [0.2, 0.25) is 0 Å². The van der Waals surface area contributed by atoms with Gasteiger partial charge in [0.1, 0.15) is 11.7 Å². The van der Waals surface area contributed by atoms with Gasteiger partial charge in [0, 0.05) is 20.8 Å². The molecule has 32 heavy (non-hydrogen) atoms. The molecule has 0 bridgehead atoms. The zero-order valence-corrected chi connectivity index (χ0v) is 17.2. The van der Waals surface area contributed by atoms with Crippen LogP contribution >= 0.6 is 0 Å². The van der Waals surface area contributed by atoms with E-state index < -0.39 is 59.3 Å². The Morgan fingerprint density at radius 1 is 0.625 bits per heavy atom. The molecule has 4 nitrogen and oxygen atoms in total. The third-order valence-electron chi connectivity index (χ3n) is 3.80. The molecule has 2 heterocycles. The highest BCUT2D eigenvalue weighted by Gasteiger charge is 2.71. The van der Waals surface area contributed by atoms with Gasteiger partial charge in [-0.15, -0.1) is 0 Å². The van der Waals surface area contributed by atoms with Crippen molar-refractivity contribution in [2.24, 2.45) is 0 Å². The molecule has 1 fully saturated rings. The van der Waals surface area contributed by atoms with Crippen LogP contribution in [0, 0.1) is 0 Å². The Kier molecular flexibility index (Phi) is 8.66. The topological polar surface area (TPSA) is 36.9 Å². The van der Waals surface area contributed by atoms with Crippen molar-refractivity contribution in [1.82, 2.24) is 0 Å². The van der Waals surface area contributed by atoms with E-state index in [1.807, 2.05) is 0 Å². The first-order valence-electron chi connectivity index (χ1n) is 8.15. The molecule has 0 N–H and O–H groups in total. The van der Waals surface area contributed by atoms with Gasteiger partial charge in [0.15, 0.2) is 0 Å². The number of alkyl halides is 8. The molecule has 2 aliphatic rings. The van der Waals surface area contributed by atoms with E-state index in [4.69, 9.17) is 0 Å². The molecule has 2 atom stereocenters. The molecule has 0 amide bonds. The average molecular weight is 502 g/mol. The molecule has 1 saturated heterocycles. The van der Waals surface area contributed by atoms with E-state index in [-0.39, 0.29) is 0 Å². The van der Waals surface area contributed by atoms with Crippen molar-refractivity contribution in [3.8, 4) is 0 Å². The zero-order valence-electron chi connectivity index (χ0n) is 17.2. The van der Waals surface area contributed by atoms with Crippen molar-refractivity contribution >= 4 is 0 Å². The molecule has 2 aliphatic heterocycles. The molecule has 0 aromatic carbocycles. The monoisotopic (exact) mass is 502 g/mol. The first-order chi connectivity index (χ1) is 13.8. The molecule has 2 rings (SSSR count). The van der Waals surface area contributed by atoms with Gasteiger partial charge in [-0.2, -0.15) is 35.1 Å². The van der Waals surface area contributed by atoms with Gasteiger partial charge in [0.05, 0.1) is 0 Å². The predicted molar refractivity (Wildman–Crippen MR) is 82.1 cm³/mol. The van der Waals surface area contributed by atoms with E-state index in [1.54, 1.807) is 0 Å². The minimum absolute atomic E-state index is 0.374. The highest BCUT2D eigenvalue weighted by Crippen LogP contribution is 2.52. The van der Waals surface area contributed by atoms with E-state index in [0.29, 0.717) is 27.7 Å². The maximum absolute atomic E-state index is 13.2. The molecule has 0 radical (unpaired) electrons. The summed E-state index contributed by atoms with van der Waals surface area (Å²) in [6.45, 7) is 4.05. The van der Waals surface area contributed by atoms with Gasteiger partial charge in [-0.05, 0) is 20.8 Å². The van der Waals surface area contributed by atoms with Gasteiger partial charge < -0.3 is 18.9 Å². The van der Waals surface area contributed by atoms with Crippen LogP contribution in [0.25, 0.3) is 0 Å². The molecule has 0 saturated carbocycles. The van der Waals surface area contributed by atoms with E-state index in [1.165, 1.54) is 0 Å². The first kappa shape index (κ1) is 30.2. The Morgan fingerprint density at radius 3 is 1.00 bits per heavy atom. The van der Waals surface area contributed by atoms with Crippen molar-refractivity contribution in [2.45, 2.75) is 77.2 Å². The molecule has 16 heteroatoms. The highest BCUT2D eigenvalue weighted by atomic mass is 19.4. The Morgan fingerprint density at radius 2 is 0.875 bits per heavy atom. The maximum atomic E-state index is 13.2. The fraction of sp³-hybridized carbons (Fsp3) is 0.750. The Hall–Kier alpha value is -1.84. The summed E-state index contributed by atoms with van der Waals surface area (Å²) in [5, 5.41) is 0. The zero-order chi connectivity index (χ0) is 26.1. The summed E-state index contributed by atoms with van der Waals surface area (Å²) >= 11 is 0. The molecule has 0 aliphatic carbocycles. The van der Waals surface area contributed by atoms with Crippen molar-refractivity contribution < 1.29 is 71.6 Å². The van der Waals surface area contributed by atoms with Crippen LogP contribution in [0.3, 0.4) is 0 Å². The fourth-order valence-electron chi connectivity index (χ4n) is 1.61. The van der Waals surface area contributed by atoms with Crippen molar-refractivity contribution in [3.05, 3.63) is 23.7 Å². The Bertz CT molecular complexity index is 688. The van der Waals surface area contributed by atoms with Gasteiger partial charge in [-0.1, -0.05) is 0 Å². The third-order valence-corrected chi connectivity index (χ3v) is 3.80. The third kappa shape index (κ3) is 6.83. The summed E-state index contributed by atoms with van der Waals surface area (Å²) in [4.78, 5) is 0. The predicted octanol–water partition coefficient (Wildman–Crippen LogP) is 7.24. The second-order valence-electron chi connectivity index (χ2n) is 6.74. The van der Waals surface area contributed by atoms with E-state index >= 15 is 0 Å². The van der Waals surface area contributed by atoms with Gasteiger partial charge in [0.25, 0.3) is 17.5 Å². The molecule has 0 aromatic heterocycles. The van der Waals surface area contributed by atoms with Crippen LogP contribution in [0.2, 0.25) is 0 Å². The Labute approximate surface area is 173 Å². The first-order valence-corrected chi connectivity index (χ1v) is 8.15. The molecular weight excluding hydrogens is 484 g/mol. The lowest BCUT2D eigenvalue weighted by atomic mass is 10.2. The van der Waals surface area contributed by atoms with Crippen molar-refractivity contribution in [1.29, 1.82) is 0 Å². The molecule has 0 spiro atoms. The minimum atomic E-state index is -5.00. The summed E-state index contributed by atoms with van der Waals surface area (Å²) in [6, 6.07) is -3.98. The molecule has 0 aromatic rings. The van der Waals surface area contributed by atoms with Gasteiger partial charge >= 0.3 is 30.2 Å². The SMILES string of the molecule is CC(F)=C(C)F.CC1(C(F)(F)F)OC(F)=C(F)O1.CC1(F)OC(C)(C(F)(F)F)OC1(C)F. The van der Waals surface area contributed by atoms with Crippen molar-refractivity contribution in [3.63, 3.8) is 0 Å². The van der Waals surface area contributed by atoms with Crippen LogP contribution < -0.4 is 0 Å². The number of hydrogen-bond acceptors (Lipinski definition) is 4. The van der Waals surface area contributed by atoms with Crippen LogP contribution in [0.15, 0.2) is 23.7 Å². The van der Waals surface area contributed by atoms with Gasteiger partial charge in [-0.3, -0.25) is 0 Å². The average Bonchev–Trinajstić information content (AvgIpc) is 2.88. The van der Waals surface area contributed by atoms with Crippen LogP contribution in [-0.2, 0) is 18.9 Å².